The molecule has 1 aliphatic rings. The summed E-state index contributed by atoms with van der Waals surface area (Å²) in [6.07, 6.45) is 0.624. The first-order chi connectivity index (χ1) is 8.75. The highest BCUT2D eigenvalue weighted by atomic mass is 32.2. The topological polar surface area (TPSA) is 57.7 Å². The first-order valence-electron chi connectivity index (χ1n) is 6.58. The molecule has 0 aromatic heterocycles. The molecule has 0 spiro atoms. The molecule has 1 aliphatic heterocycles. The van der Waals surface area contributed by atoms with E-state index in [-0.39, 0.29) is 30.0 Å². The van der Waals surface area contributed by atoms with Crippen LogP contribution in [0.1, 0.15) is 20.3 Å². The summed E-state index contributed by atoms with van der Waals surface area (Å²) in [6.45, 7) is 9.11. The Morgan fingerprint density at radius 2 is 2.00 bits per heavy atom. The molecule has 1 rings (SSSR count). The van der Waals surface area contributed by atoms with Crippen LogP contribution in [0.2, 0.25) is 0 Å². The quantitative estimate of drug-likeness (QED) is 0.669. The van der Waals surface area contributed by atoms with E-state index in [1.807, 2.05) is 25.8 Å². The van der Waals surface area contributed by atoms with Gasteiger partial charge in [-0.05, 0) is 27.3 Å². The number of sulfone groups is 1. The molecule has 19 heavy (non-hydrogen) atoms. The molecule has 110 valence electrons. The molecule has 0 aromatic carbocycles. The predicted molar refractivity (Wildman–Crippen MR) is 76.8 cm³/mol. The Labute approximate surface area is 116 Å². The van der Waals surface area contributed by atoms with Crippen LogP contribution in [0.5, 0.6) is 0 Å². The number of hydrogen-bond donors (Lipinski definition) is 0. The molecule has 5 nitrogen and oxygen atoms in total. The van der Waals surface area contributed by atoms with E-state index in [1.165, 1.54) is 0 Å². The van der Waals surface area contributed by atoms with Gasteiger partial charge in [0.25, 0.3) is 0 Å². The molecule has 1 heterocycles. The average molecular weight is 288 g/mol. The van der Waals surface area contributed by atoms with Gasteiger partial charge in [0.2, 0.25) is 5.91 Å². The lowest BCUT2D eigenvalue weighted by Crippen LogP contribution is -2.43. The van der Waals surface area contributed by atoms with Crippen LogP contribution in [0.25, 0.3) is 0 Å². The third kappa shape index (κ3) is 4.95. The molecular weight excluding hydrogens is 264 g/mol. The maximum atomic E-state index is 12.1. The van der Waals surface area contributed by atoms with E-state index in [2.05, 4.69) is 6.58 Å². The Hall–Kier alpha value is -0.880. The van der Waals surface area contributed by atoms with E-state index in [1.54, 1.807) is 4.90 Å². The van der Waals surface area contributed by atoms with Crippen molar-refractivity contribution < 1.29 is 13.2 Å². The van der Waals surface area contributed by atoms with Crippen molar-refractivity contribution in [1.82, 2.24) is 9.80 Å². The number of carbonyl (C=O) groups is 1. The highest BCUT2D eigenvalue weighted by molar-refractivity contribution is 7.91. The van der Waals surface area contributed by atoms with Gasteiger partial charge < -0.3 is 4.90 Å². The summed E-state index contributed by atoms with van der Waals surface area (Å²) in [5, 5.41) is 0. The number of likely N-dealkylation sites (N-methyl/N-ethyl adjacent to an activating group) is 2. The maximum absolute atomic E-state index is 12.1. The van der Waals surface area contributed by atoms with Gasteiger partial charge in [0.1, 0.15) is 0 Å². The van der Waals surface area contributed by atoms with Gasteiger partial charge in [0, 0.05) is 19.1 Å². The first kappa shape index (κ1) is 16.2. The summed E-state index contributed by atoms with van der Waals surface area (Å²) in [7, 11) is -1.08. The predicted octanol–water partition coefficient (Wildman–Crippen LogP) is 0.530. The van der Waals surface area contributed by atoms with Gasteiger partial charge in [-0.2, -0.15) is 0 Å². The zero-order chi connectivity index (χ0) is 14.6. The summed E-state index contributed by atoms with van der Waals surface area (Å²) >= 11 is 0. The fourth-order valence-corrected chi connectivity index (χ4v) is 4.07. The highest BCUT2D eigenvalue weighted by Crippen LogP contribution is 2.16. The summed E-state index contributed by atoms with van der Waals surface area (Å²) in [4.78, 5) is 15.7. The lowest BCUT2D eigenvalue weighted by molar-refractivity contribution is -0.131. The lowest BCUT2D eigenvalue weighted by atomic mass is 10.2. The van der Waals surface area contributed by atoms with Crippen molar-refractivity contribution in [2.24, 2.45) is 0 Å². The summed E-state index contributed by atoms with van der Waals surface area (Å²) < 4.78 is 22.9. The highest BCUT2D eigenvalue weighted by Gasteiger charge is 2.31. The van der Waals surface area contributed by atoms with Gasteiger partial charge in [-0.25, -0.2) is 8.42 Å². The molecule has 0 N–H and O–H groups in total. The van der Waals surface area contributed by atoms with Crippen LogP contribution in [0.3, 0.4) is 0 Å². The lowest BCUT2D eigenvalue weighted by Gasteiger charge is -2.27. The van der Waals surface area contributed by atoms with Crippen LogP contribution in [-0.2, 0) is 14.6 Å². The molecule has 0 aromatic rings. The Morgan fingerprint density at radius 1 is 1.37 bits per heavy atom. The zero-order valence-corrected chi connectivity index (χ0v) is 12.9. The number of nitrogens with zero attached hydrogens (tertiary/aromatic N) is 2. The van der Waals surface area contributed by atoms with Crippen molar-refractivity contribution in [3.63, 3.8) is 0 Å². The molecule has 1 atom stereocenters. The Kier molecular flexibility index (Phi) is 5.55. The molecule has 6 heteroatoms. The van der Waals surface area contributed by atoms with E-state index in [0.717, 1.165) is 5.57 Å². The van der Waals surface area contributed by atoms with Crippen LogP contribution in [-0.4, -0.2) is 68.4 Å². The fraction of sp³-hybridized carbons (Fsp3) is 0.769. The molecule has 1 amide bonds. The van der Waals surface area contributed by atoms with Crippen LogP contribution in [0.4, 0.5) is 0 Å². The standard InChI is InChI=1S/C13H24N2O3S/c1-5-15(8-11(2)3)13(16)9-14(4)12-6-7-19(17,18)10-12/h12H,2,5-10H2,1,3-4H3/t12-/m1/s1. The smallest absolute Gasteiger partial charge is 0.237 e. The van der Waals surface area contributed by atoms with E-state index < -0.39 is 9.84 Å². The minimum Gasteiger partial charge on any atom is -0.338 e. The molecule has 1 fully saturated rings. The minimum atomic E-state index is -2.90. The number of amides is 1. The summed E-state index contributed by atoms with van der Waals surface area (Å²) in [5.41, 5.74) is 0.946. The molecule has 0 bridgehead atoms. The summed E-state index contributed by atoms with van der Waals surface area (Å²) in [5.74, 6) is 0.431. The van der Waals surface area contributed by atoms with Crippen molar-refractivity contribution in [1.29, 1.82) is 0 Å². The van der Waals surface area contributed by atoms with Crippen molar-refractivity contribution >= 4 is 15.7 Å². The second-order valence-electron chi connectivity index (χ2n) is 5.34. The van der Waals surface area contributed by atoms with E-state index in [9.17, 15) is 13.2 Å². The SMILES string of the molecule is C=C(C)CN(CC)C(=O)CN(C)[C@@H]1CCS(=O)(=O)C1. The Bertz CT molecular complexity index is 445. The van der Waals surface area contributed by atoms with Crippen molar-refractivity contribution in [2.45, 2.75) is 26.3 Å². The number of hydrogen-bond acceptors (Lipinski definition) is 4. The van der Waals surface area contributed by atoms with Gasteiger partial charge in [0.05, 0.1) is 18.1 Å². The van der Waals surface area contributed by atoms with Crippen molar-refractivity contribution in [3.8, 4) is 0 Å². The molecule has 0 unspecified atom stereocenters. The third-order valence-electron chi connectivity index (χ3n) is 3.41. The van der Waals surface area contributed by atoms with E-state index >= 15 is 0 Å². The Balaban J connectivity index is 2.54. The largest absolute Gasteiger partial charge is 0.338 e. The van der Waals surface area contributed by atoms with Crippen LogP contribution >= 0.6 is 0 Å². The zero-order valence-electron chi connectivity index (χ0n) is 12.1. The average Bonchev–Trinajstić information content (AvgIpc) is 2.66. The van der Waals surface area contributed by atoms with Crippen molar-refractivity contribution in [3.05, 3.63) is 12.2 Å². The van der Waals surface area contributed by atoms with Crippen molar-refractivity contribution in [2.75, 3.05) is 38.2 Å². The molecule has 0 aliphatic carbocycles. The second kappa shape index (κ2) is 6.52. The van der Waals surface area contributed by atoms with Crippen LogP contribution < -0.4 is 0 Å². The Morgan fingerprint density at radius 3 is 2.42 bits per heavy atom. The van der Waals surface area contributed by atoms with Gasteiger partial charge in [-0.15, -0.1) is 0 Å². The van der Waals surface area contributed by atoms with E-state index in [4.69, 9.17) is 0 Å². The van der Waals surface area contributed by atoms with Crippen LogP contribution in [0.15, 0.2) is 12.2 Å². The van der Waals surface area contributed by atoms with Gasteiger partial charge in [0.15, 0.2) is 9.84 Å². The van der Waals surface area contributed by atoms with E-state index in [0.29, 0.717) is 19.5 Å². The van der Waals surface area contributed by atoms with Gasteiger partial charge in [-0.3, -0.25) is 9.69 Å². The van der Waals surface area contributed by atoms with Crippen LogP contribution in [0, 0.1) is 0 Å². The number of rotatable bonds is 6. The second-order valence-corrected chi connectivity index (χ2v) is 7.57. The first-order valence-corrected chi connectivity index (χ1v) is 8.40. The molecule has 0 radical (unpaired) electrons. The maximum Gasteiger partial charge on any atom is 0.237 e. The third-order valence-corrected chi connectivity index (χ3v) is 5.16. The fourth-order valence-electron chi connectivity index (χ4n) is 2.27. The molecule has 1 saturated heterocycles. The minimum absolute atomic E-state index is 0.0253. The summed E-state index contributed by atoms with van der Waals surface area (Å²) in [6, 6.07) is -0.0301. The monoisotopic (exact) mass is 288 g/mol. The van der Waals surface area contributed by atoms with Gasteiger partial charge >= 0.3 is 0 Å². The molecule has 0 saturated carbocycles. The van der Waals surface area contributed by atoms with Gasteiger partial charge in [-0.1, -0.05) is 12.2 Å². The number of carbonyl (C=O) groups excluding carboxylic acids is 1. The molecular formula is C13H24N2O3S. The normalized spacial score (nSPS) is 21.6.